The molecular formula is C20H22FN3O. The van der Waals surface area contributed by atoms with Crippen LogP contribution in [0.5, 0.6) is 0 Å². The molecule has 1 heterocycles. The van der Waals surface area contributed by atoms with Crippen molar-refractivity contribution in [2.24, 2.45) is 5.92 Å². The highest BCUT2D eigenvalue weighted by atomic mass is 19.1. The predicted octanol–water partition coefficient (Wildman–Crippen LogP) is 4.67. The molecular weight excluding hydrogens is 317 g/mol. The summed E-state index contributed by atoms with van der Waals surface area (Å²) in [6, 6.07) is 14.6. The lowest BCUT2D eigenvalue weighted by atomic mass is 9.96. The van der Waals surface area contributed by atoms with Crippen LogP contribution in [-0.2, 0) is 6.54 Å². The van der Waals surface area contributed by atoms with Crippen LogP contribution in [0.1, 0.15) is 36.9 Å². The Kier molecular flexibility index (Phi) is 5.24. The van der Waals surface area contributed by atoms with Crippen molar-refractivity contribution in [3.8, 4) is 11.5 Å². The average Bonchev–Trinajstić information content (AvgIpc) is 3.06. The number of hydrogen-bond acceptors (Lipinski definition) is 4. The summed E-state index contributed by atoms with van der Waals surface area (Å²) in [6.45, 7) is 6.73. The van der Waals surface area contributed by atoms with E-state index in [1.165, 1.54) is 17.7 Å². The highest BCUT2D eigenvalue weighted by molar-refractivity contribution is 5.52. The van der Waals surface area contributed by atoms with Gasteiger partial charge in [-0.15, -0.1) is 10.2 Å². The van der Waals surface area contributed by atoms with Crippen molar-refractivity contribution in [1.29, 1.82) is 0 Å². The molecule has 1 N–H and O–H groups in total. The van der Waals surface area contributed by atoms with Crippen molar-refractivity contribution < 1.29 is 8.81 Å². The number of aryl methyl sites for hydroxylation is 1. The number of halogens is 1. The zero-order chi connectivity index (χ0) is 17.8. The molecule has 2 aromatic carbocycles. The lowest BCUT2D eigenvalue weighted by molar-refractivity contribution is 0.380. The van der Waals surface area contributed by atoms with Gasteiger partial charge in [-0.3, -0.25) is 0 Å². The second-order valence-corrected chi connectivity index (χ2v) is 6.52. The minimum Gasteiger partial charge on any atom is -0.419 e. The fraction of sp³-hybridized carbons (Fsp3) is 0.300. The molecule has 3 aromatic rings. The zero-order valence-electron chi connectivity index (χ0n) is 14.7. The van der Waals surface area contributed by atoms with Gasteiger partial charge in [-0.1, -0.05) is 43.7 Å². The van der Waals surface area contributed by atoms with Gasteiger partial charge in [0.1, 0.15) is 5.82 Å². The monoisotopic (exact) mass is 339 g/mol. The maximum Gasteiger partial charge on any atom is 0.247 e. The van der Waals surface area contributed by atoms with Crippen molar-refractivity contribution in [1.82, 2.24) is 15.5 Å². The highest BCUT2D eigenvalue weighted by Crippen LogP contribution is 2.23. The van der Waals surface area contributed by atoms with Crippen molar-refractivity contribution in [3.63, 3.8) is 0 Å². The lowest BCUT2D eigenvalue weighted by Crippen LogP contribution is -2.25. The van der Waals surface area contributed by atoms with E-state index in [9.17, 15) is 4.39 Å². The molecule has 0 radical (unpaired) electrons. The van der Waals surface area contributed by atoms with Crippen molar-refractivity contribution in [2.75, 3.05) is 0 Å². The Morgan fingerprint density at radius 3 is 2.32 bits per heavy atom. The van der Waals surface area contributed by atoms with E-state index in [1.54, 1.807) is 12.1 Å². The van der Waals surface area contributed by atoms with Gasteiger partial charge in [0.2, 0.25) is 11.8 Å². The molecule has 5 heteroatoms. The van der Waals surface area contributed by atoms with E-state index in [0.29, 0.717) is 24.2 Å². The molecule has 0 aliphatic heterocycles. The highest BCUT2D eigenvalue weighted by Gasteiger charge is 2.17. The van der Waals surface area contributed by atoms with Crippen LogP contribution >= 0.6 is 0 Å². The van der Waals surface area contributed by atoms with Gasteiger partial charge in [0.25, 0.3) is 0 Å². The molecule has 0 aliphatic rings. The van der Waals surface area contributed by atoms with Gasteiger partial charge in [0.05, 0.1) is 6.54 Å². The van der Waals surface area contributed by atoms with E-state index >= 15 is 0 Å². The zero-order valence-corrected chi connectivity index (χ0v) is 14.7. The Hall–Kier alpha value is -2.53. The summed E-state index contributed by atoms with van der Waals surface area (Å²) in [5.41, 5.74) is 3.13. The van der Waals surface area contributed by atoms with E-state index in [0.717, 1.165) is 11.1 Å². The van der Waals surface area contributed by atoms with Crippen molar-refractivity contribution in [2.45, 2.75) is 33.4 Å². The molecule has 0 saturated carbocycles. The quantitative estimate of drug-likeness (QED) is 0.709. The fourth-order valence-electron chi connectivity index (χ4n) is 2.74. The van der Waals surface area contributed by atoms with Gasteiger partial charge in [-0.25, -0.2) is 4.39 Å². The van der Waals surface area contributed by atoms with Gasteiger partial charge in [0, 0.05) is 11.6 Å². The molecule has 0 fully saturated rings. The van der Waals surface area contributed by atoms with E-state index in [4.69, 9.17) is 4.42 Å². The summed E-state index contributed by atoms with van der Waals surface area (Å²) in [6.07, 6.45) is 0. The van der Waals surface area contributed by atoms with Gasteiger partial charge in [-0.2, -0.15) is 0 Å². The van der Waals surface area contributed by atoms with Gasteiger partial charge in [0.15, 0.2) is 0 Å². The van der Waals surface area contributed by atoms with Gasteiger partial charge in [-0.05, 0) is 42.7 Å². The minimum absolute atomic E-state index is 0.0790. The molecule has 0 aliphatic carbocycles. The summed E-state index contributed by atoms with van der Waals surface area (Å²) in [5, 5.41) is 11.7. The number of nitrogens with zero attached hydrogens (tertiary/aromatic N) is 2. The molecule has 0 spiro atoms. The van der Waals surface area contributed by atoms with Gasteiger partial charge >= 0.3 is 0 Å². The lowest BCUT2D eigenvalue weighted by Gasteiger charge is -2.22. The first-order valence-electron chi connectivity index (χ1n) is 8.41. The normalized spacial score (nSPS) is 12.5. The third-order valence-electron chi connectivity index (χ3n) is 4.13. The smallest absolute Gasteiger partial charge is 0.247 e. The number of rotatable bonds is 6. The Balaban J connectivity index is 1.69. The predicted molar refractivity (Wildman–Crippen MR) is 95.3 cm³/mol. The van der Waals surface area contributed by atoms with Crippen molar-refractivity contribution >= 4 is 0 Å². The first-order chi connectivity index (χ1) is 12.0. The minimum atomic E-state index is -0.231. The SMILES string of the molecule is Cc1ccc(-c2nnc(CNC(c3ccc(F)cc3)C(C)C)o2)cc1. The largest absolute Gasteiger partial charge is 0.419 e. The molecule has 0 amide bonds. The molecule has 1 atom stereocenters. The maximum absolute atomic E-state index is 13.1. The van der Waals surface area contributed by atoms with E-state index in [2.05, 4.69) is 29.4 Å². The van der Waals surface area contributed by atoms with Crippen LogP contribution < -0.4 is 5.32 Å². The van der Waals surface area contributed by atoms with Crippen molar-refractivity contribution in [3.05, 3.63) is 71.4 Å². The van der Waals surface area contributed by atoms with Crippen LogP contribution in [0.4, 0.5) is 4.39 Å². The molecule has 1 unspecified atom stereocenters. The summed E-state index contributed by atoms with van der Waals surface area (Å²) in [4.78, 5) is 0. The molecule has 25 heavy (non-hydrogen) atoms. The van der Waals surface area contributed by atoms with E-state index in [1.807, 2.05) is 31.2 Å². The standard InChI is InChI=1S/C20H22FN3O/c1-13(2)19(15-8-10-17(21)11-9-15)22-12-18-23-24-20(25-18)16-6-4-14(3)5-7-16/h4-11,13,19,22H,12H2,1-3H3. The summed E-state index contributed by atoms with van der Waals surface area (Å²) in [7, 11) is 0. The Labute approximate surface area is 147 Å². The number of aromatic nitrogens is 2. The maximum atomic E-state index is 13.1. The summed E-state index contributed by atoms with van der Waals surface area (Å²) < 4.78 is 18.9. The van der Waals surface area contributed by atoms with Crippen LogP contribution in [0.3, 0.4) is 0 Å². The van der Waals surface area contributed by atoms with E-state index in [-0.39, 0.29) is 11.9 Å². The van der Waals surface area contributed by atoms with Gasteiger partial charge < -0.3 is 9.73 Å². The first-order valence-corrected chi connectivity index (χ1v) is 8.41. The molecule has 1 aromatic heterocycles. The summed E-state index contributed by atoms with van der Waals surface area (Å²) in [5.74, 6) is 1.15. The third-order valence-corrected chi connectivity index (χ3v) is 4.13. The number of nitrogens with one attached hydrogen (secondary N) is 1. The van der Waals surface area contributed by atoms with E-state index < -0.39 is 0 Å². The topological polar surface area (TPSA) is 51.0 Å². The molecule has 3 rings (SSSR count). The number of benzene rings is 2. The van der Waals surface area contributed by atoms with Crippen LogP contribution in [0, 0.1) is 18.7 Å². The Morgan fingerprint density at radius 2 is 1.68 bits per heavy atom. The fourth-order valence-corrected chi connectivity index (χ4v) is 2.74. The second-order valence-electron chi connectivity index (χ2n) is 6.52. The molecule has 0 saturated heterocycles. The second kappa shape index (κ2) is 7.57. The molecule has 130 valence electrons. The Bertz CT molecular complexity index is 810. The summed E-state index contributed by atoms with van der Waals surface area (Å²) >= 11 is 0. The molecule has 4 nitrogen and oxygen atoms in total. The van der Waals surface area contributed by atoms with Crippen LogP contribution in [-0.4, -0.2) is 10.2 Å². The third kappa shape index (κ3) is 4.31. The Morgan fingerprint density at radius 1 is 1.00 bits per heavy atom. The van der Waals surface area contributed by atoms with Crippen LogP contribution in [0.25, 0.3) is 11.5 Å². The molecule has 0 bridgehead atoms. The van der Waals surface area contributed by atoms with Crippen LogP contribution in [0.15, 0.2) is 52.9 Å². The number of hydrogen-bond donors (Lipinski definition) is 1. The van der Waals surface area contributed by atoms with Crippen LogP contribution in [0.2, 0.25) is 0 Å². The average molecular weight is 339 g/mol. The first kappa shape index (κ1) is 17.3.